The first-order chi connectivity index (χ1) is 8.05. The second-order valence-corrected chi connectivity index (χ2v) is 5.88. The zero-order valence-electron chi connectivity index (χ0n) is 10.2. The van der Waals surface area contributed by atoms with Gasteiger partial charge in [0.1, 0.15) is 5.54 Å². The molecule has 0 aliphatic heterocycles. The number of methoxy groups -OCH3 is 1. The lowest BCUT2D eigenvalue weighted by atomic mass is 9.93. The first-order valence-corrected chi connectivity index (χ1v) is 6.76. The molecule has 0 amide bonds. The number of benzene rings is 1. The molecule has 1 aromatic rings. The van der Waals surface area contributed by atoms with Crippen LogP contribution in [0, 0.1) is 3.57 Å². The monoisotopic (exact) mass is 381 g/mol. The molecule has 1 aliphatic carbocycles. The minimum atomic E-state index is -0.789. The number of halogens is 2. The Hall–Kier alpha value is -0.330. The third kappa shape index (κ3) is 3.16. The van der Waals surface area contributed by atoms with E-state index in [4.69, 9.17) is 10.5 Å². The number of hydrogen-bond donors (Lipinski definition) is 1. The Labute approximate surface area is 127 Å². The second-order valence-electron chi connectivity index (χ2n) is 4.64. The minimum absolute atomic E-state index is 0. The van der Waals surface area contributed by atoms with Crippen molar-refractivity contribution >= 4 is 41.0 Å². The first kappa shape index (κ1) is 15.7. The van der Waals surface area contributed by atoms with Crippen molar-refractivity contribution in [3.63, 3.8) is 0 Å². The molecule has 5 heteroatoms. The molecule has 18 heavy (non-hydrogen) atoms. The smallest absolute Gasteiger partial charge is 0.325 e. The van der Waals surface area contributed by atoms with Crippen molar-refractivity contribution in [2.45, 2.75) is 30.7 Å². The summed E-state index contributed by atoms with van der Waals surface area (Å²) < 4.78 is 5.99. The van der Waals surface area contributed by atoms with Crippen LogP contribution in [-0.4, -0.2) is 18.6 Å². The summed E-state index contributed by atoms with van der Waals surface area (Å²) in [6, 6.07) is 8.42. The summed E-state index contributed by atoms with van der Waals surface area (Å²) in [4.78, 5) is 11.6. The molecule has 2 N–H and O–H groups in total. The summed E-state index contributed by atoms with van der Waals surface area (Å²) in [5.74, 6) is 0.0848. The molecule has 1 aromatic carbocycles. The highest BCUT2D eigenvalue weighted by Gasteiger charge is 2.43. The third-order valence-electron chi connectivity index (χ3n) is 3.48. The number of carbonyl (C=O) groups is 1. The van der Waals surface area contributed by atoms with Crippen molar-refractivity contribution in [3.05, 3.63) is 33.4 Å². The molecule has 0 bridgehead atoms. The van der Waals surface area contributed by atoms with E-state index in [1.807, 2.05) is 0 Å². The highest BCUT2D eigenvalue weighted by Crippen LogP contribution is 2.40. The number of carbonyl (C=O) groups excluding carboxylic acids is 1. The van der Waals surface area contributed by atoms with Crippen LogP contribution in [0.2, 0.25) is 0 Å². The molecule has 1 saturated carbocycles. The van der Waals surface area contributed by atoms with E-state index in [9.17, 15) is 4.79 Å². The van der Waals surface area contributed by atoms with Gasteiger partial charge in [0.2, 0.25) is 0 Å². The average molecular weight is 382 g/mol. The molecular formula is C13H17ClINO2. The van der Waals surface area contributed by atoms with Crippen LogP contribution < -0.4 is 5.73 Å². The Morgan fingerprint density at radius 3 is 2.61 bits per heavy atom. The number of rotatable bonds is 2. The number of ether oxygens (including phenoxy) is 1. The summed E-state index contributed by atoms with van der Waals surface area (Å²) in [5.41, 5.74) is 6.57. The molecular weight excluding hydrogens is 365 g/mol. The van der Waals surface area contributed by atoms with Gasteiger partial charge in [0.25, 0.3) is 0 Å². The summed E-state index contributed by atoms with van der Waals surface area (Å²) in [5, 5.41) is 0. The predicted octanol–water partition coefficient (Wildman–Crippen LogP) is 2.85. The lowest BCUT2D eigenvalue weighted by Gasteiger charge is -2.20. The van der Waals surface area contributed by atoms with Gasteiger partial charge in [-0.1, -0.05) is 12.1 Å². The van der Waals surface area contributed by atoms with Crippen molar-refractivity contribution in [1.82, 2.24) is 0 Å². The van der Waals surface area contributed by atoms with Crippen molar-refractivity contribution in [1.29, 1.82) is 0 Å². The van der Waals surface area contributed by atoms with Crippen molar-refractivity contribution in [3.8, 4) is 0 Å². The lowest BCUT2D eigenvalue weighted by molar-refractivity contribution is -0.146. The van der Waals surface area contributed by atoms with E-state index in [1.165, 1.54) is 16.2 Å². The minimum Gasteiger partial charge on any atom is -0.468 e. The number of esters is 1. The van der Waals surface area contributed by atoms with Gasteiger partial charge in [-0.2, -0.15) is 0 Å². The number of nitrogens with two attached hydrogens (primary N) is 1. The van der Waals surface area contributed by atoms with Gasteiger partial charge < -0.3 is 10.5 Å². The van der Waals surface area contributed by atoms with Crippen molar-refractivity contribution < 1.29 is 9.53 Å². The van der Waals surface area contributed by atoms with E-state index in [0.29, 0.717) is 18.8 Å². The van der Waals surface area contributed by atoms with Gasteiger partial charge in [-0.05, 0) is 65.5 Å². The van der Waals surface area contributed by atoms with Crippen LogP contribution in [-0.2, 0) is 9.53 Å². The highest BCUT2D eigenvalue weighted by atomic mass is 127. The zero-order valence-corrected chi connectivity index (χ0v) is 13.2. The Balaban J connectivity index is 0.00000162. The van der Waals surface area contributed by atoms with E-state index in [-0.39, 0.29) is 18.4 Å². The Kier molecular flexibility index (Phi) is 5.43. The standard InChI is InChI=1S/C13H16INO2.ClH/c1-17-12(16)13(15)7-6-10(8-13)9-2-4-11(14)5-3-9;/h2-5,10H,6-8,15H2,1H3;1H. The van der Waals surface area contributed by atoms with Gasteiger partial charge in [0.15, 0.2) is 0 Å². The summed E-state index contributed by atoms with van der Waals surface area (Å²) in [6.45, 7) is 0. The van der Waals surface area contributed by atoms with Crippen LogP contribution in [0.4, 0.5) is 0 Å². The lowest BCUT2D eigenvalue weighted by Crippen LogP contribution is -2.46. The van der Waals surface area contributed by atoms with Crippen LogP contribution in [0.15, 0.2) is 24.3 Å². The Morgan fingerprint density at radius 2 is 2.06 bits per heavy atom. The topological polar surface area (TPSA) is 52.3 Å². The molecule has 3 nitrogen and oxygen atoms in total. The van der Waals surface area contributed by atoms with E-state index < -0.39 is 5.54 Å². The van der Waals surface area contributed by atoms with Crippen LogP contribution in [0.1, 0.15) is 30.7 Å². The fraction of sp³-hybridized carbons (Fsp3) is 0.462. The van der Waals surface area contributed by atoms with E-state index in [0.717, 1.165) is 6.42 Å². The maximum atomic E-state index is 11.6. The quantitative estimate of drug-likeness (QED) is 0.633. The van der Waals surface area contributed by atoms with Crippen LogP contribution in [0.5, 0.6) is 0 Å². The summed E-state index contributed by atoms with van der Waals surface area (Å²) in [6.07, 6.45) is 2.34. The largest absolute Gasteiger partial charge is 0.468 e. The van der Waals surface area contributed by atoms with Crippen molar-refractivity contribution in [2.24, 2.45) is 5.73 Å². The van der Waals surface area contributed by atoms with Crippen molar-refractivity contribution in [2.75, 3.05) is 7.11 Å². The molecule has 1 fully saturated rings. The fourth-order valence-electron chi connectivity index (χ4n) is 2.48. The average Bonchev–Trinajstić information content (AvgIpc) is 2.73. The van der Waals surface area contributed by atoms with E-state index in [2.05, 4.69) is 46.9 Å². The van der Waals surface area contributed by atoms with Gasteiger partial charge in [0.05, 0.1) is 7.11 Å². The van der Waals surface area contributed by atoms with Gasteiger partial charge in [0, 0.05) is 3.57 Å². The van der Waals surface area contributed by atoms with Crippen LogP contribution in [0.3, 0.4) is 0 Å². The normalized spacial score (nSPS) is 26.5. The van der Waals surface area contributed by atoms with Crippen LogP contribution in [0.25, 0.3) is 0 Å². The maximum Gasteiger partial charge on any atom is 0.325 e. The molecule has 0 saturated heterocycles. The molecule has 2 unspecified atom stereocenters. The Bertz CT molecular complexity index is 424. The first-order valence-electron chi connectivity index (χ1n) is 5.68. The molecule has 2 atom stereocenters. The molecule has 0 radical (unpaired) electrons. The van der Waals surface area contributed by atoms with E-state index in [1.54, 1.807) is 0 Å². The third-order valence-corrected chi connectivity index (χ3v) is 4.20. The molecule has 0 aromatic heterocycles. The van der Waals surface area contributed by atoms with Gasteiger partial charge >= 0.3 is 5.97 Å². The summed E-state index contributed by atoms with van der Waals surface area (Å²) in [7, 11) is 1.40. The molecule has 100 valence electrons. The van der Waals surface area contributed by atoms with Gasteiger partial charge in [-0.25, -0.2) is 0 Å². The predicted molar refractivity (Wildman–Crippen MR) is 81.9 cm³/mol. The zero-order chi connectivity index (χ0) is 12.5. The Morgan fingerprint density at radius 1 is 1.44 bits per heavy atom. The SMILES string of the molecule is COC(=O)C1(N)CCC(c2ccc(I)cc2)C1.Cl. The number of hydrogen-bond acceptors (Lipinski definition) is 3. The molecule has 2 rings (SSSR count). The van der Waals surface area contributed by atoms with Gasteiger partial charge in [-0.15, -0.1) is 12.4 Å². The van der Waals surface area contributed by atoms with Crippen LogP contribution >= 0.6 is 35.0 Å². The maximum absolute atomic E-state index is 11.6. The summed E-state index contributed by atoms with van der Waals surface area (Å²) >= 11 is 2.28. The van der Waals surface area contributed by atoms with E-state index >= 15 is 0 Å². The molecule has 1 aliphatic rings. The fourth-order valence-corrected chi connectivity index (χ4v) is 2.84. The second kappa shape index (κ2) is 6.21. The molecule has 0 spiro atoms. The highest BCUT2D eigenvalue weighted by molar-refractivity contribution is 14.1. The molecule has 0 heterocycles. The van der Waals surface area contributed by atoms with Gasteiger partial charge in [-0.3, -0.25) is 4.79 Å².